The van der Waals surface area contributed by atoms with Crippen molar-refractivity contribution in [2.75, 3.05) is 18.5 Å². The highest BCUT2D eigenvalue weighted by Crippen LogP contribution is 2.21. The lowest BCUT2D eigenvalue weighted by Gasteiger charge is -2.21. The van der Waals surface area contributed by atoms with E-state index in [1.807, 2.05) is 6.92 Å². The summed E-state index contributed by atoms with van der Waals surface area (Å²) in [4.78, 5) is 24.4. The average molecular weight is 294 g/mol. The Morgan fingerprint density at radius 2 is 2.24 bits per heavy atom. The van der Waals surface area contributed by atoms with Gasteiger partial charge in [0.1, 0.15) is 11.8 Å². The predicted octanol–water partition coefficient (Wildman–Crippen LogP) is 1.14. The highest BCUT2D eigenvalue weighted by Gasteiger charge is 2.38. The quantitative estimate of drug-likeness (QED) is 0.773. The molecule has 1 aromatic carbocycles. The minimum absolute atomic E-state index is 0.00789. The summed E-state index contributed by atoms with van der Waals surface area (Å²) >= 11 is 0. The molecule has 0 aliphatic carbocycles. The fraction of sp³-hybridized carbons (Fsp3) is 0.429. The first-order valence-electron chi connectivity index (χ1n) is 6.72. The number of carbonyl (C=O) groups is 2. The van der Waals surface area contributed by atoms with E-state index in [4.69, 9.17) is 9.84 Å². The first-order valence-corrected chi connectivity index (χ1v) is 6.72. The van der Waals surface area contributed by atoms with Crippen molar-refractivity contribution in [3.63, 3.8) is 0 Å². The van der Waals surface area contributed by atoms with Gasteiger partial charge in [-0.3, -0.25) is 0 Å². The van der Waals surface area contributed by atoms with Crippen LogP contribution in [0.3, 0.4) is 0 Å². The second-order valence-electron chi connectivity index (χ2n) is 4.79. The fourth-order valence-electron chi connectivity index (χ4n) is 2.30. The average Bonchev–Trinajstić information content (AvgIpc) is 2.82. The molecule has 0 saturated carbocycles. The Balaban J connectivity index is 2.07. The molecule has 114 valence electrons. The summed E-state index contributed by atoms with van der Waals surface area (Å²) in [6, 6.07) is 5.28. The summed E-state index contributed by atoms with van der Waals surface area (Å²) in [5.41, 5.74) is 0.511. The minimum Gasteiger partial charge on any atom is -0.494 e. The van der Waals surface area contributed by atoms with Crippen LogP contribution in [0.2, 0.25) is 0 Å². The van der Waals surface area contributed by atoms with Crippen molar-refractivity contribution in [2.24, 2.45) is 0 Å². The van der Waals surface area contributed by atoms with E-state index in [9.17, 15) is 14.7 Å². The third-order valence-corrected chi connectivity index (χ3v) is 3.22. The van der Waals surface area contributed by atoms with Crippen molar-refractivity contribution in [1.82, 2.24) is 4.90 Å². The van der Waals surface area contributed by atoms with Crippen molar-refractivity contribution in [2.45, 2.75) is 25.5 Å². The monoisotopic (exact) mass is 294 g/mol. The van der Waals surface area contributed by atoms with E-state index in [0.717, 1.165) is 4.90 Å². The molecular weight excluding hydrogens is 276 g/mol. The van der Waals surface area contributed by atoms with E-state index in [0.29, 0.717) is 18.0 Å². The molecule has 1 heterocycles. The number of nitrogens with one attached hydrogen (secondary N) is 1. The second kappa shape index (κ2) is 6.45. The topological polar surface area (TPSA) is 99.1 Å². The molecule has 1 saturated heterocycles. The van der Waals surface area contributed by atoms with Crippen LogP contribution in [0.5, 0.6) is 5.75 Å². The summed E-state index contributed by atoms with van der Waals surface area (Å²) in [5, 5.41) is 21.2. The number of aliphatic hydroxyl groups is 1. The van der Waals surface area contributed by atoms with Crippen LogP contribution in [-0.2, 0) is 4.79 Å². The number of rotatable bonds is 4. The van der Waals surface area contributed by atoms with Gasteiger partial charge in [0.25, 0.3) is 0 Å². The molecule has 2 unspecified atom stereocenters. The van der Waals surface area contributed by atoms with Gasteiger partial charge in [0, 0.05) is 24.7 Å². The minimum atomic E-state index is -1.12. The van der Waals surface area contributed by atoms with E-state index < -0.39 is 24.1 Å². The van der Waals surface area contributed by atoms with Crippen LogP contribution in [0.25, 0.3) is 0 Å². The van der Waals surface area contributed by atoms with E-state index in [1.165, 1.54) is 0 Å². The highest BCUT2D eigenvalue weighted by molar-refractivity contribution is 5.93. The summed E-state index contributed by atoms with van der Waals surface area (Å²) in [7, 11) is 0. The predicted molar refractivity (Wildman–Crippen MR) is 75.4 cm³/mol. The van der Waals surface area contributed by atoms with Crippen LogP contribution < -0.4 is 10.1 Å². The molecule has 7 heteroatoms. The molecule has 2 amide bonds. The van der Waals surface area contributed by atoms with E-state index in [1.54, 1.807) is 24.3 Å². The molecule has 1 aromatic rings. The van der Waals surface area contributed by atoms with Gasteiger partial charge in [0.15, 0.2) is 0 Å². The Labute approximate surface area is 122 Å². The maximum absolute atomic E-state index is 12.1. The van der Waals surface area contributed by atoms with Crippen molar-refractivity contribution in [1.29, 1.82) is 0 Å². The summed E-state index contributed by atoms with van der Waals surface area (Å²) in [6.45, 7) is 2.37. The number of urea groups is 1. The van der Waals surface area contributed by atoms with Gasteiger partial charge in [-0.05, 0) is 19.1 Å². The maximum atomic E-state index is 12.1. The molecule has 2 atom stereocenters. The number of aliphatic carboxylic acids is 1. The summed E-state index contributed by atoms with van der Waals surface area (Å²) in [5.74, 6) is -0.503. The first kappa shape index (κ1) is 15.1. The molecule has 0 spiro atoms. The number of carbonyl (C=O) groups excluding carboxylic acids is 1. The van der Waals surface area contributed by atoms with Crippen LogP contribution in [0.4, 0.5) is 10.5 Å². The number of likely N-dealkylation sites (tertiary alicyclic amines) is 1. The molecule has 0 bridgehead atoms. The van der Waals surface area contributed by atoms with Crippen molar-refractivity contribution in [3.8, 4) is 5.75 Å². The fourth-order valence-corrected chi connectivity index (χ4v) is 2.30. The molecule has 1 aliphatic heterocycles. The second-order valence-corrected chi connectivity index (χ2v) is 4.79. The van der Waals surface area contributed by atoms with Crippen molar-refractivity contribution in [3.05, 3.63) is 24.3 Å². The number of amides is 2. The number of benzene rings is 1. The third-order valence-electron chi connectivity index (χ3n) is 3.22. The number of hydrogen-bond donors (Lipinski definition) is 3. The molecule has 0 aromatic heterocycles. The van der Waals surface area contributed by atoms with Crippen molar-refractivity contribution < 1.29 is 24.5 Å². The van der Waals surface area contributed by atoms with Gasteiger partial charge < -0.3 is 25.2 Å². The smallest absolute Gasteiger partial charge is 0.326 e. The van der Waals surface area contributed by atoms with Crippen molar-refractivity contribution >= 4 is 17.7 Å². The number of aliphatic hydroxyl groups excluding tert-OH is 1. The number of carboxylic acid groups (broad SMARTS) is 1. The van der Waals surface area contributed by atoms with Gasteiger partial charge in [-0.1, -0.05) is 6.07 Å². The summed E-state index contributed by atoms with van der Waals surface area (Å²) < 4.78 is 5.33. The number of hydrogen-bond acceptors (Lipinski definition) is 4. The first-order chi connectivity index (χ1) is 10.0. The normalized spacial score (nSPS) is 21.1. The molecule has 1 aliphatic rings. The van der Waals surface area contributed by atoms with Gasteiger partial charge >= 0.3 is 12.0 Å². The van der Waals surface area contributed by atoms with Crippen LogP contribution in [0, 0.1) is 0 Å². The Bertz CT molecular complexity index is 534. The number of nitrogens with zero attached hydrogens (tertiary/aromatic N) is 1. The third kappa shape index (κ3) is 3.63. The lowest BCUT2D eigenvalue weighted by molar-refractivity contribution is -0.141. The van der Waals surface area contributed by atoms with Crippen LogP contribution in [0.15, 0.2) is 24.3 Å². The SMILES string of the molecule is CCOc1cccc(NC(=O)N2CC(O)CC2C(=O)O)c1. The molecule has 1 fully saturated rings. The molecular formula is C14H18N2O5. The van der Waals surface area contributed by atoms with E-state index >= 15 is 0 Å². The van der Waals surface area contributed by atoms with Crippen LogP contribution in [0.1, 0.15) is 13.3 Å². The number of anilines is 1. The van der Waals surface area contributed by atoms with Gasteiger partial charge in [-0.15, -0.1) is 0 Å². The van der Waals surface area contributed by atoms with E-state index in [-0.39, 0.29) is 13.0 Å². The Morgan fingerprint density at radius 1 is 1.48 bits per heavy atom. The molecule has 21 heavy (non-hydrogen) atoms. The lowest BCUT2D eigenvalue weighted by atomic mass is 10.2. The van der Waals surface area contributed by atoms with E-state index in [2.05, 4.69) is 5.32 Å². The Kier molecular flexibility index (Phi) is 4.64. The maximum Gasteiger partial charge on any atom is 0.326 e. The standard InChI is InChI=1S/C14H18N2O5/c1-2-21-11-5-3-4-9(6-11)15-14(20)16-8-10(17)7-12(16)13(18)19/h3-6,10,12,17H,2,7-8H2,1H3,(H,15,20)(H,18,19). The lowest BCUT2D eigenvalue weighted by Crippen LogP contribution is -2.43. The zero-order valence-corrected chi connectivity index (χ0v) is 11.7. The molecule has 3 N–H and O–H groups in total. The Morgan fingerprint density at radius 3 is 2.90 bits per heavy atom. The van der Waals surface area contributed by atoms with Gasteiger partial charge in [-0.2, -0.15) is 0 Å². The molecule has 0 radical (unpaired) electrons. The molecule has 2 rings (SSSR count). The number of carboxylic acids is 1. The van der Waals surface area contributed by atoms with Crippen LogP contribution in [-0.4, -0.2) is 52.4 Å². The Hall–Kier alpha value is -2.28. The van der Waals surface area contributed by atoms with Gasteiger partial charge in [0.05, 0.1) is 12.7 Å². The zero-order valence-electron chi connectivity index (χ0n) is 11.7. The van der Waals surface area contributed by atoms with Gasteiger partial charge in [0.2, 0.25) is 0 Å². The number of β-amino-alcohol motifs (C(OH)–C–C–N with tert-alkyl or cyclic N) is 1. The summed E-state index contributed by atoms with van der Waals surface area (Å²) in [6.07, 6.45) is -0.770. The largest absolute Gasteiger partial charge is 0.494 e. The number of ether oxygens (including phenoxy) is 1. The molecule has 7 nitrogen and oxygen atoms in total. The zero-order chi connectivity index (χ0) is 15.4. The highest BCUT2D eigenvalue weighted by atomic mass is 16.5. The van der Waals surface area contributed by atoms with Gasteiger partial charge in [-0.25, -0.2) is 9.59 Å². The van der Waals surface area contributed by atoms with Crippen LogP contribution >= 0.6 is 0 Å².